The number of fused-ring (bicyclic) bond motifs is 1. The van der Waals surface area contributed by atoms with E-state index in [0.717, 1.165) is 37.1 Å². The molecule has 1 amide bonds. The van der Waals surface area contributed by atoms with Crippen molar-refractivity contribution >= 4 is 22.7 Å². The molecule has 1 N–H and O–H groups in total. The normalized spacial score (nSPS) is 16.5. The maximum Gasteiger partial charge on any atom is 0.227 e. The Morgan fingerprint density at radius 3 is 3.00 bits per heavy atom. The number of piperidine rings is 1. The Labute approximate surface area is 129 Å². The minimum absolute atomic E-state index is 0.0428. The lowest BCUT2D eigenvalue weighted by Gasteiger charge is -2.29. The van der Waals surface area contributed by atoms with E-state index in [1.807, 2.05) is 25.1 Å². The van der Waals surface area contributed by atoms with Gasteiger partial charge in [-0.25, -0.2) is 4.98 Å². The van der Waals surface area contributed by atoms with Gasteiger partial charge in [-0.15, -0.1) is 6.42 Å². The second-order valence-electron chi connectivity index (χ2n) is 5.66. The van der Waals surface area contributed by atoms with Gasteiger partial charge < -0.3 is 9.73 Å². The minimum atomic E-state index is 0.0428. The predicted octanol–water partition coefficient (Wildman–Crippen LogP) is 2.42. The summed E-state index contributed by atoms with van der Waals surface area (Å²) in [4.78, 5) is 18.8. The van der Waals surface area contributed by atoms with E-state index in [1.54, 1.807) is 0 Å². The average molecular weight is 297 g/mol. The number of oxazole rings is 1. The lowest BCUT2D eigenvalue weighted by Crippen LogP contribution is -2.38. The van der Waals surface area contributed by atoms with Gasteiger partial charge in [-0.2, -0.15) is 0 Å². The van der Waals surface area contributed by atoms with Crippen LogP contribution >= 0.6 is 0 Å². The summed E-state index contributed by atoms with van der Waals surface area (Å²) in [6, 6.07) is 5.54. The van der Waals surface area contributed by atoms with Crippen LogP contribution in [0.5, 0.6) is 0 Å². The third kappa shape index (κ3) is 3.12. The van der Waals surface area contributed by atoms with Crippen LogP contribution in [0.1, 0.15) is 18.7 Å². The summed E-state index contributed by atoms with van der Waals surface area (Å²) in [5.41, 5.74) is 2.25. The van der Waals surface area contributed by atoms with Crippen LogP contribution < -0.4 is 5.32 Å². The molecule has 5 heteroatoms. The molecule has 0 radical (unpaired) electrons. The van der Waals surface area contributed by atoms with Crippen LogP contribution in [0.25, 0.3) is 11.1 Å². The molecule has 1 aromatic carbocycles. The molecule has 22 heavy (non-hydrogen) atoms. The van der Waals surface area contributed by atoms with Crippen molar-refractivity contribution in [3.05, 3.63) is 24.1 Å². The Hall–Kier alpha value is -2.32. The molecule has 1 aliphatic rings. The van der Waals surface area contributed by atoms with E-state index in [2.05, 4.69) is 21.1 Å². The van der Waals surface area contributed by atoms with Gasteiger partial charge in [-0.3, -0.25) is 9.69 Å². The number of carbonyl (C=O) groups excluding carboxylic acids is 1. The Bertz CT molecular complexity index is 721. The Morgan fingerprint density at radius 1 is 1.50 bits per heavy atom. The smallest absolute Gasteiger partial charge is 0.227 e. The molecule has 3 rings (SSSR count). The number of benzene rings is 1. The number of nitrogens with zero attached hydrogens (tertiary/aromatic N) is 2. The molecule has 1 fully saturated rings. The molecule has 0 spiro atoms. The first kappa shape index (κ1) is 14.6. The summed E-state index contributed by atoms with van der Waals surface area (Å²) >= 11 is 0. The van der Waals surface area contributed by atoms with Gasteiger partial charge in [0.1, 0.15) is 5.52 Å². The van der Waals surface area contributed by atoms with Crippen molar-refractivity contribution in [2.75, 3.05) is 25.0 Å². The van der Waals surface area contributed by atoms with Crippen LogP contribution in [0.15, 0.2) is 22.6 Å². The molecule has 1 aliphatic heterocycles. The highest BCUT2D eigenvalue weighted by molar-refractivity contribution is 5.94. The molecule has 114 valence electrons. The fraction of sp³-hybridized carbons (Fsp3) is 0.412. The van der Waals surface area contributed by atoms with Crippen LogP contribution in [0.4, 0.5) is 5.69 Å². The molecule has 0 atom stereocenters. The van der Waals surface area contributed by atoms with Crippen molar-refractivity contribution < 1.29 is 9.21 Å². The summed E-state index contributed by atoms with van der Waals surface area (Å²) in [7, 11) is 0. The standard InChI is InChI=1S/C17H19N3O2/c1-3-8-20-9-6-13(7-10-20)17(21)19-14-4-5-15-16(11-14)22-12(2)18-15/h1,4-5,11,13H,6-10H2,2H3,(H,19,21). The number of aromatic nitrogens is 1. The lowest BCUT2D eigenvalue weighted by molar-refractivity contribution is -0.121. The van der Waals surface area contributed by atoms with Gasteiger partial charge in [-0.1, -0.05) is 5.92 Å². The quantitative estimate of drug-likeness (QED) is 0.884. The first-order chi connectivity index (χ1) is 10.7. The molecule has 5 nitrogen and oxygen atoms in total. The SMILES string of the molecule is C#CCN1CCC(C(=O)Nc2ccc3nc(C)oc3c2)CC1. The number of terminal acetylenes is 1. The molecule has 2 aromatic rings. The van der Waals surface area contributed by atoms with Crippen molar-refractivity contribution in [2.45, 2.75) is 19.8 Å². The first-order valence-corrected chi connectivity index (χ1v) is 7.49. The van der Waals surface area contributed by atoms with E-state index in [4.69, 9.17) is 10.8 Å². The van der Waals surface area contributed by atoms with Crippen molar-refractivity contribution in [3.63, 3.8) is 0 Å². The van der Waals surface area contributed by atoms with Gasteiger partial charge in [0.2, 0.25) is 5.91 Å². The van der Waals surface area contributed by atoms with Crippen molar-refractivity contribution in [3.8, 4) is 12.3 Å². The number of hydrogen-bond donors (Lipinski definition) is 1. The van der Waals surface area contributed by atoms with Crippen LogP contribution in [0, 0.1) is 25.2 Å². The summed E-state index contributed by atoms with van der Waals surface area (Å²) in [5, 5.41) is 2.97. The van der Waals surface area contributed by atoms with E-state index in [-0.39, 0.29) is 11.8 Å². The average Bonchev–Trinajstić information content (AvgIpc) is 2.87. The molecule has 0 aliphatic carbocycles. The largest absolute Gasteiger partial charge is 0.441 e. The Balaban J connectivity index is 1.62. The number of nitrogens with one attached hydrogen (secondary N) is 1. The molecular formula is C17H19N3O2. The van der Waals surface area contributed by atoms with Crippen LogP contribution in [0.2, 0.25) is 0 Å². The number of rotatable bonds is 3. The van der Waals surface area contributed by atoms with Gasteiger partial charge in [0, 0.05) is 24.6 Å². The van der Waals surface area contributed by atoms with Gasteiger partial charge in [0.05, 0.1) is 6.54 Å². The minimum Gasteiger partial charge on any atom is -0.441 e. The number of carbonyl (C=O) groups is 1. The highest BCUT2D eigenvalue weighted by atomic mass is 16.3. The molecule has 1 aromatic heterocycles. The van der Waals surface area contributed by atoms with Gasteiger partial charge >= 0.3 is 0 Å². The summed E-state index contributed by atoms with van der Waals surface area (Å²) in [5.74, 6) is 3.38. The van der Waals surface area contributed by atoms with Crippen molar-refractivity contribution in [1.82, 2.24) is 9.88 Å². The van der Waals surface area contributed by atoms with Gasteiger partial charge in [-0.05, 0) is 38.1 Å². The maximum atomic E-state index is 12.4. The highest BCUT2D eigenvalue weighted by Crippen LogP contribution is 2.22. The maximum absolute atomic E-state index is 12.4. The second-order valence-corrected chi connectivity index (χ2v) is 5.66. The molecule has 0 saturated carbocycles. The second kappa shape index (κ2) is 6.20. The lowest BCUT2D eigenvalue weighted by atomic mass is 9.96. The molecule has 0 bridgehead atoms. The zero-order valence-electron chi connectivity index (χ0n) is 12.6. The number of likely N-dealkylation sites (tertiary alicyclic amines) is 1. The number of anilines is 1. The number of aryl methyl sites for hydroxylation is 1. The number of hydrogen-bond acceptors (Lipinski definition) is 4. The van der Waals surface area contributed by atoms with Gasteiger partial charge in [0.25, 0.3) is 0 Å². The van der Waals surface area contributed by atoms with Gasteiger partial charge in [0.15, 0.2) is 11.5 Å². The molecule has 0 unspecified atom stereocenters. The number of amides is 1. The fourth-order valence-corrected chi connectivity index (χ4v) is 2.84. The zero-order valence-corrected chi connectivity index (χ0v) is 12.6. The first-order valence-electron chi connectivity index (χ1n) is 7.49. The van der Waals surface area contributed by atoms with E-state index in [9.17, 15) is 4.79 Å². The topological polar surface area (TPSA) is 58.4 Å². The zero-order chi connectivity index (χ0) is 15.5. The van der Waals surface area contributed by atoms with E-state index < -0.39 is 0 Å². The summed E-state index contributed by atoms with van der Waals surface area (Å²) < 4.78 is 5.49. The Kier molecular flexibility index (Phi) is 4.12. The fourth-order valence-electron chi connectivity index (χ4n) is 2.84. The molecule has 2 heterocycles. The molecule has 1 saturated heterocycles. The summed E-state index contributed by atoms with van der Waals surface area (Å²) in [6.07, 6.45) is 7.01. The molecular weight excluding hydrogens is 278 g/mol. The monoisotopic (exact) mass is 297 g/mol. The van der Waals surface area contributed by atoms with Crippen molar-refractivity contribution in [2.24, 2.45) is 5.92 Å². The predicted molar refractivity (Wildman–Crippen MR) is 85.4 cm³/mol. The van der Waals surface area contributed by atoms with Crippen LogP contribution in [-0.4, -0.2) is 35.4 Å². The third-order valence-corrected chi connectivity index (χ3v) is 4.04. The van der Waals surface area contributed by atoms with Crippen LogP contribution in [-0.2, 0) is 4.79 Å². The van der Waals surface area contributed by atoms with E-state index >= 15 is 0 Å². The highest BCUT2D eigenvalue weighted by Gasteiger charge is 2.24. The third-order valence-electron chi connectivity index (χ3n) is 4.04. The van der Waals surface area contributed by atoms with E-state index in [1.165, 1.54) is 0 Å². The van der Waals surface area contributed by atoms with Crippen molar-refractivity contribution in [1.29, 1.82) is 0 Å². The summed E-state index contributed by atoms with van der Waals surface area (Å²) in [6.45, 7) is 4.23. The van der Waals surface area contributed by atoms with Crippen LogP contribution in [0.3, 0.4) is 0 Å². The Morgan fingerprint density at radius 2 is 2.27 bits per heavy atom. The van der Waals surface area contributed by atoms with E-state index in [0.29, 0.717) is 18.0 Å².